The van der Waals surface area contributed by atoms with Gasteiger partial charge in [-0.15, -0.1) is 0 Å². The molecule has 0 spiro atoms. The molecule has 0 radical (unpaired) electrons. The van der Waals surface area contributed by atoms with Crippen molar-refractivity contribution >= 4 is 11.8 Å². The van der Waals surface area contributed by atoms with Gasteiger partial charge in [-0.3, -0.25) is 9.59 Å². The Morgan fingerprint density at radius 2 is 1.72 bits per heavy atom. The Balaban J connectivity index is 1.57. The molecular formula is C23H29N3O3. The third-order valence-electron chi connectivity index (χ3n) is 5.35. The molecule has 1 aliphatic rings. The van der Waals surface area contributed by atoms with Gasteiger partial charge in [0.15, 0.2) is 0 Å². The Bertz CT molecular complexity index is 845. The maximum Gasteiger partial charge on any atom is 0.253 e. The first-order valence-corrected chi connectivity index (χ1v) is 10.1. The fourth-order valence-corrected chi connectivity index (χ4v) is 3.57. The van der Waals surface area contributed by atoms with Crippen LogP contribution in [0.5, 0.6) is 5.75 Å². The first-order chi connectivity index (χ1) is 14.1. The number of hydrogen-bond acceptors (Lipinski definition) is 4. The van der Waals surface area contributed by atoms with Crippen LogP contribution in [0.2, 0.25) is 0 Å². The molecule has 0 aliphatic carbocycles. The van der Waals surface area contributed by atoms with Crippen LogP contribution < -0.4 is 10.1 Å². The highest BCUT2D eigenvalue weighted by molar-refractivity contribution is 5.99. The summed E-state index contributed by atoms with van der Waals surface area (Å²) in [5, 5.41) is 2.93. The topological polar surface area (TPSA) is 61.9 Å². The van der Waals surface area contributed by atoms with Crippen molar-refractivity contribution < 1.29 is 14.3 Å². The van der Waals surface area contributed by atoms with Crippen molar-refractivity contribution in [1.82, 2.24) is 15.1 Å². The van der Waals surface area contributed by atoms with Gasteiger partial charge in [-0.2, -0.15) is 0 Å². The van der Waals surface area contributed by atoms with Gasteiger partial charge in [-0.1, -0.05) is 31.2 Å². The van der Waals surface area contributed by atoms with Crippen LogP contribution >= 0.6 is 0 Å². The number of nitrogens with one attached hydrogen (secondary N) is 1. The number of methoxy groups -OCH3 is 1. The Morgan fingerprint density at radius 1 is 1.00 bits per heavy atom. The first kappa shape index (κ1) is 20.9. The molecular weight excluding hydrogens is 366 g/mol. The summed E-state index contributed by atoms with van der Waals surface area (Å²) < 4.78 is 5.34. The van der Waals surface area contributed by atoms with Crippen molar-refractivity contribution in [3.8, 4) is 5.75 Å². The summed E-state index contributed by atoms with van der Waals surface area (Å²) in [6, 6.07) is 14.7. The number of hydrogen-bond donors (Lipinski definition) is 1. The van der Waals surface area contributed by atoms with Crippen molar-refractivity contribution in [3.05, 3.63) is 65.2 Å². The summed E-state index contributed by atoms with van der Waals surface area (Å²) in [4.78, 5) is 29.5. The zero-order valence-electron chi connectivity index (χ0n) is 17.2. The molecule has 6 nitrogen and oxygen atoms in total. The number of amides is 2. The minimum Gasteiger partial charge on any atom is -0.496 e. The van der Waals surface area contributed by atoms with E-state index in [1.807, 2.05) is 29.2 Å². The monoisotopic (exact) mass is 395 g/mol. The lowest BCUT2D eigenvalue weighted by Gasteiger charge is -2.34. The van der Waals surface area contributed by atoms with Crippen LogP contribution in [0.1, 0.15) is 33.2 Å². The van der Waals surface area contributed by atoms with Gasteiger partial charge in [-0.05, 0) is 42.8 Å². The average Bonchev–Trinajstić information content (AvgIpc) is 2.79. The molecule has 2 aromatic carbocycles. The number of piperazine rings is 1. The number of likely N-dealkylation sites (N-methyl/N-ethyl adjacent to an activating group) is 1. The molecule has 2 aromatic rings. The quantitative estimate of drug-likeness (QED) is 0.782. The van der Waals surface area contributed by atoms with Gasteiger partial charge in [-0.25, -0.2) is 0 Å². The van der Waals surface area contributed by atoms with Gasteiger partial charge >= 0.3 is 0 Å². The lowest BCUT2D eigenvalue weighted by molar-refractivity contribution is 0.0643. The van der Waals surface area contributed by atoms with Crippen LogP contribution in [0.3, 0.4) is 0 Å². The summed E-state index contributed by atoms with van der Waals surface area (Å²) in [5.74, 6) is 0.632. The number of ether oxygens (including phenoxy) is 1. The van der Waals surface area contributed by atoms with Crippen LogP contribution in [0.25, 0.3) is 0 Å². The molecule has 1 fully saturated rings. The Kier molecular flexibility index (Phi) is 7.25. The summed E-state index contributed by atoms with van der Waals surface area (Å²) >= 11 is 0. The summed E-state index contributed by atoms with van der Waals surface area (Å²) in [6.45, 7) is 6.87. The van der Waals surface area contributed by atoms with E-state index in [9.17, 15) is 9.59 Å². The predicted molar refractivity (Wildman–Crippen MR) is 113 cm³/mol. The molecule has 2 amide bonds. The van der Waals surface area contributed by atoms with Crippen molar-refractivity contribution in [2.75, 3.05) is 46.4 Å². The van der Waals surface area contributed by atoms with Gasteiger partial charge in [0, 0.05) is 43.9 Å². The van der Waals surface area contributed by atoms with Gasteiger partial charge in [0.25, 0.3) is 11.8 Å². The Morgan fingerprint density at radius 3 is 2.45 bits per heavy atom. The zero-order valence-corrected chi connectivity index (χ0v) is 17.2. The third-order valence-corrected chi connectivity index (χ3v) is 5.35. The molecule has 1 aliphatic heterocycles. The number of nitrogens with zero attached hydrogens (tertiary/aromatic N) is 2. The van der Waals surface area contributed by atoms with Crippen LogP contribution in [-0.4, -0.2) is 68.0 Å². The van der Waals surface area contributed by atoms with E-state index in [2.05, 4.69) is 17.1 Å². The molecule has 0 bridgehead atoms. The highest BCUT2D eigenvalue weighted by Gasteiger charge is 2.21. The zero-order chi connectivity index (χ0) is 20.6. The smallest absolute Gasteiger partial charge is 0.253 e. The molecule has 0 atom stereocenters. The van der Waals surface area contributed by atoms with E-state index in [0.29, 0.717) is 24.1 Å². The van der Waals surface area contributed by atoms with Crippen LogP contribution in [-0.2, 0) is 6.42 Å². The number of carbonyl (C=O) groups excluding carboxylic acids is 2. The molecule has 29 heavy (non-hydrogen) atoms. The molecule has 3 rings (SSSR count). The van der Waals surface area contributed by atoms with Crippen LogP contribution in [0.15, 0.2) is 48.5 Å². The van der Waals surface area contributed by atoms with Gasteiger partial charge in [0.1, 0.15) is 5.75 Å². The van der Waals surface area contributed by atoms with Gasteiger partial charge in [0.2, 0.25) is 0 Å². The second-order valence-corrected chi connectivity index (χ2v) is 7.13. The predicted octanol–water partition coefficient (Wildman–Crippen LogP) is 2.45. The molecule has 0 saturated carbocycles. The molecule has 0 aromatic heterocycles. The van der Waals surface area contributed by atoms with E-state index in [1.54, 1.807) is 31.4 Å². The minimum absolute atomic E-state index is 0.00979. The largest absolute Gasteiger partial charge is 0.496 e. The van der Waals surface area contributed by atoms with E-state index in [1.165, 1.54) is 0 Å². The van der Waals surface area contributed by atoms with Crippen LogP contribution in [0, 0.1) is 0 Å². The third kappa shape index (κ3) is 5.35. The molecule has 154 valence electrons. The number of carbonyl (C=O) groups is 2. The summed E-state index contributed by atoms with van der Waals surface area (Å²) in [5.41, 5.74) is 2.11. The lowest BCUT2D eigenvalue weighted by atomic mass is 10.1. The molecule has 1 heterocycles. The standard InChI is InChI=1S/C23H29N3O3/c1-3-25-13-15-26(16-14-25)23(28)20-9-6-8-19(17-20)22(27)24-12-11-18-7-4-5-10-21(18)29-2/h4-10,17H,3,11-16H2,1-2H3,(H,24,27). The number of rotatable bonds is 7. The second kappa shape index (κ2) is 10.1. The Hall–Kier alpha value is -2.86. The molecule has 6 heteroatoms. The van der Waals surface area contributed by atoms with Crippen molar-refractivity contribution in [1.29, 1.82) is 0 Å². The van der Waals surface area contributed by atoms with Crippen molar-refractivity contribution in [2.24, 2.45) is 0 Å². The Labute approximate surface area is 172 Å². The average molecular weight is 396 g/mol. The van der Waals surface area contributed by atoms with E-state index in [0.717, 1.165) is 44.0 Å². The fourth-order valence-electron chi connectivity index (χ4n) is 3.57. The maximum absolute atomic E-state index is 12.8. The maximum atomic E-state index is 12.8. The minimum atomic E-state index is -0.176. The van der Waals surface area contributed by atoms with E-state index in [-0.39, 0.29) is 11.8 Å². The lowest BCUT2D eigenvalue weighted by Crippen LogP contribution is -2.48. The number of para-hydroxylation sites is 1. The molecule has 1 N–H and O–H groups in total. The summed E-state index contributed by atoms with van der Waals surface area (Å²) in [7, 11) is 1.64. The molecule has 1 saturated heterocycles. The highest BCUT2D eigenvalue weighted by atomic mass is 16.5. The van der Waals surface area contributed by atoms with Crippen LogP contribution in [0.4, 0.5) is 0 Å². The highest BCUT2D eigenvalue weighted by Crippen LogP contribution is 2.17. The van der Waals surface area contributed by atoms with E-state index in [4.69, 9.17) is 4.74 Å². The van der Waals surface area contributed by atoms with Gasteiger partial charge in [0.05, 0.1) is 7.11 Å². The van der Waals surface area contributed by atoms with Crippen molar-refractivity contribution in [2.45, 2.75) is 13.3 Å². The van der Waals surface area contributed by atoms with E-state index >= 15 is 0 Å². The number of benzene rings is 2. The first-order valence-electron chi connectivity index (χ1n) is 10.1. The van der Waals surface area contributed by atoms with Gasteiger partial charge < -0.3 is 19.9 Å². The molecule has 0 unspecified atom stereocenters. The summed E-state index contributed by atoms with van der Waals surface area (Å²) in [6.07, 6.45) is 0.677. The normalized spacial score (nSPS) is 14.5. The fraction of sp³-hybridized carbons (Fsp3) is 0.391. The van der Waals surface area contributed by atoms with Crippen molar-refractivity contribution in [3.63, 3.8) is 0 Å². The van der Waals surface area contributed by atoms with E-state index < -0.39 is 0 Å². The second-order valence-electron chi connectivity index (χ2n) is 7.13. The SMILES string of the molecule is CCN1CCN(C(=O)c2cccc(C(=O)NCCc3ccccc3OC)c2)CC1.